The van der Waals surface area contributed by atoms with Gasteiger partial charge in [-0.2, -0.15) is 13.2 Å². The average Bonchev–Trinajstić information content (AvgIpc) is 3.15. The van der Waals surface area contributed by atoms with Gasteiger partial charge in [0.2, 0.25) is 0 Å². The summed E-state index contributed by atoms with van der Waals surface area (Å²) in [5, 5.41) is 9.15. The van der Waals surface area contributed by atoms with E-state index in [1.165, 1.54) is 25.2 Å². The number of ether oxygens (including phenoxy) is 2. The fraction of sp³-hybridized carbons (Fsp3) is 0.250. The summed E-state index contributed by atoms with van der Waals surface area (Å²) in [4.78, 5) is 19.9. The Morgan fingerprint density at radius 3 is 2.57 bits per heavy atom. The highest BCUT2D eigenvalue weighted by Gasteiger charge is 2.33. The van der Waals surface area contributed by atoms with E-state index in [9.17, 15) is 18.0 Å². The van der Waals surface area contributed by atoms with Gasteiger partial charge in [-0.3, -0.25) is 0 Å². The highest BCUT2D eigenvalue weighted by atomic mass is 32.1. The summed E-state index contributed by atoms with van der Waals surface area (Å²) in [6.07, 6.45) is -3.46. The van der Waals surface area contributed by atoms with Gasteiger partial charge < -0.3 is 14.6 Å². The predicted octanol–water partition coefficient (Wildman–Crippen LogP) is 5.04. The molecule has 1 aromatic carbocycles. The Morgan fingerprint density at radius 1 is 1.13 bits per heavy atom. The van der Waals surface area contributed by atoms with Crippen molar-refractivity contribution < 1.29 is 32.5 Å². The molecule has 0 aliphatic carbocycles. The summed E-state index contributed by atoms with van der Waals surface area (Å²) >= 11 is 1.22. The first-order chi connectivity index (χ1) is 14.0. The minimum absolute atomic E-state index is 0.00706. The van der Waals surface area contributed by atoms with E-state index in [4.69, 9.17) is 14.6 Å². The van der Waals surface area contributed by atoms with Crippen LogP contribution in [-0.4, -0.2) is 26.6 Å². The third kappa shape index (κ3) is 5.26. The fourth-order valence-electron chi connectivity index (χ4n) is 2.33. The van der Waals surface area contributed by atoms with Gasteiger partial charge in [0.1, 0.15) is 23.8 Å². The van der Waals surface area contributed by atoms with Gasteiger partial charge in [-0.15, -0.1) is 11.3 Å². The van der Waals surface area contributed by atoms with Crippen LogP contribution in [0.3, 0.4) is 0 Å². The lowest BCUT2D eigenvalue weighted by molar-refractivity contribution is -0.152. The molecule has 0 aliphatic rings. The van der Waals surface area contributed by atoms with Gasteiger partial charge in [-0.05, 0) is 44.2 Å². The molecule has 0 bridgehead atoms. The molecule has 6 nitrogen and oxygen atoms in total. The molecule has 0 spiro atoms. The molecule has 0 saturated carbocycles. The molecule has 3 aromatic rings. The normalized spacial score (nSPS) is 11.9. The molecule has 0 radical (unpaired) electrons. The first kappa shape index (κ1) is 21.6. The number of carboxylic acid groups (broad SMARTS) is 1. The van der Waals surface area contributed by atoms with Crippen molar-refractivity contribution in [3.63, 3.8) is 0 Å². The van der Waals surface area contributed by atoms with Crippen LogP contribution in [0.4, 0.5) is 13.2 Å². The van der Waals surface area contributed by atoms with Crippen LogP contribution in [0.1, 0.15) is 24.4 Å². The smallest absolute Gasteiger partial charge is 0.433 e. The van der Waals surface area contributed by atoms with Gasteiger partial charge in [0.05, 0.1) is 4.88 Å². The maximum atomic E-state index is 12.8. The molecule has 0 amide bonds. The number of benzene rings is 1. The molecule has 0 atom stereocenters. The topological polar surface area (TPSA) is 81.5 Å². The number of halogens is 3. The molecule has 0 fully saturated rings. The van der Waals surface area contributed by atoms with E-state index < -0.39 is 23.4 Å². The van der Waals surface area contributed by atoms with Crippen LogP contribution in [0.5, 0.6) is 11.5 Å². The number of aliphatic carboxylic acids is 1. The molecule has 10 heteroatoms. The van der Waals surface area contributed by atoms with Gasteiger partial charge in [0, 0.05) is 17.1 Å². The van der Waals surface area contributed by atoms with Crippen molar-refractivity contribution in [3.8, 4) is 22.2 Å². The van der Waals surface area contributed by atoms with Gasteiger partial charge in [0.15, 0.2) is 11.4 Å². The third-order valence-corrected chi connectivity index (χ3v) is 4.96. The molecule has 3 rings (SSSR count). The Labute approximate surface area is 173 Å². The lowest BCUT2D eigenvalue weighted by Gasteiger charge is -2.21. The van der Waals surface area contributed by atoms with E-state index in [-0.39, 0.29) is 12.4 Å². The lowest BCUT2D eigenvalue weighted by atomic mass is 10.1. The Morgan fingerprint density at radius 2 is 1.87 bits per heavy atom. The van der Waals surface area contributed by atoms with Crippen LogP contribution in [0.15, 0.2) is 48.7 Å². The zero-order chi connectivity index (χ0) is 21.9. The number of thiophene rings is 1. The molecule has 2 aromatic heterocycles. The van der Waals surface area contributed by atoms with Crippen molar-refractivity contribution in [3.05, 3.63) is 59.2 Å². The molecular formula is C20H17F3N2O4S. The van der Waals surface area contributed by atoms with Crippen molar-refractivity contribution in [2.75, 3.05) is 0 Å². The summed E-state index contributed by atoms with van der Waals surface area (Å²) in [6, 6.07) is 10.7. The minimum Gasteiger partial charge on any atom is -0.488 e. The van der Waals surface area contributed by atoms with Crippen molar-refractivity contribution >= 4 is 17.3 Å². The molecular weight excluding hydrogens is 421 g/mol. The van der Waals surface area contributed by atoms with Crippen LogP contribution in [0.2, 0.25) is 0 Å². The summed E-state index contributed by atoms with van der Waals surface area (Å²) in [5.74, 6) is -0.313. The second-order valence-corrected chi connectivity index (χ2v) is 7.88. The molecule has 30 heavy (non-hydrogen) atoms. The SMILES string of the molecule is CC(C)(Oc1cccc(OCc2ccc(-c3nccc(C(F)(F)F)n3)s2)c1)C(=O)O. The standard InChI is InChI=1S/C20H17F3N2O4S/c1-19(2,18(26)27)29-13-5-3-4-12(10-13)28-11-14-6-7-15(30-14)17-24-9-8-16(25-17)20(21,22)23/h3-10H,11H2,1-2H3,(H,26,27). The molecule has 1 N–H and O–H groups in total. The number of hydrogen-bond acceptors (Lipinski definition) is 6. The summed E-state index contributed by atoms with van der Waals surface area (Å²) in [7, 11) is 0. The number of alkyl halides is 3. The van der Waals surface area contributed by atoms with Gasteiger partial charge in [-0.25, -0.2) is 14.8 Å². The highest BCUT2D eigenvalue weighted by molar-refractivity contribution is 7.15. The largest absolute Gasteiger partial charge is 0.488 e. The zero-order valence-corrected chi connectivity index (χ0v) is 16.8. The number of aromatic nitrogens is 2. The highest BCUT2D eigenvalue weighted by Crippen LogP contribution is 2.31. The first-order valence-corrected chi connectivity index (χ1v) is 9.51. The Balaban J connectivity index is 1.68. The lowest BCUT2D eigenvalue weighted by Crippen LogP contribution is -2.37. The van der Waals surface area contributed by atoms with E-state index >= 15 is 0 Å². The zero-order valence-electron chi connectivity index (χ0n) is 15.9. The summed E-state index contributed by atoms with van der Waals surface area (Å²) < 4.78 is 49.7. The van der Waals surface area contributed by atoms with Crippen LogP contribution >= 0.6 is 11.3 Å². The number of rotatable bonds is 7. The van der Waals surface area contributed by atoms with Crippen LogP contribution in [0.25, 0.3) is 10.7 Å². The summed E-state index contributed by atoms with van der Waals surface area (Å²) in [5.41, 5.74) is -2.40. The van der Waals surface area contributed by atoms with E-state index in [0.717, 1.165) is 17.1 Å². The minimum atomic E-state index is -4.54. The van der Waals surface area contributed by atoms with Crippen LogP contribution in [-0.2, 0) is 17.6 Å². The Hall–Kier alpha value is -3.14. The van der Waals surface area contributed by atoms with Gasteiger partial charge in [0.25, 0.3) is 0 Å². The Bertz CT molecular complexity index is 1050. The monoisotopic (exact) mass is 438 g/mol. The number of carboxylic acids is 1. The van der Waals surface area contributed by atoms with Crippen LogP contribution < -0.4 is 9.47 Å². The first-order valence-electron chi connectivity index (χ1n) is 8.69. The van der Waals surface area contributed by atoms with E-state index in [2.05, 4.69) is 9.97 Å². The molecule has 0 saturated heterocycles. The van der Waals surface area contributed by atoms with Gasteiger partial charge >= 0.3 is 12.1 Å². The number of hydrogen-bond donors (Lipinski definition) is 1. The van der Waals surface area contributed by atoms with Gasteiger partial charge in [-0.1, -0.05) is 6.07 Å². The van der Waals surface area contributed by atoms with Crippen molar-refractivity contribution in [2.24, 2.45) is 0 Å². The quantitative estimate of drug-likeness (QED) is 0.556. The second kappa shape index (κ2) is 8.31. The van der Waals surface area contributed by atoms with Crippen LogP contribution in [0, 0.1) is 0 Å². The molecule has 0 aliphatic heterocycles. The molecule has 0 unspecified atom stereocenters. The van der Waals surface area contributed by atoms with Crippen molar-refractivity contribution in [2.45, 2.75) is 32.2 Å². The fourth-order valence-corrected chi connectivity index (χ4v) is 3.19. The Kier molecular flexibility index (Phi) is 5.97. The predicted molar refractivity (Wildman–Crippen MR) is 103 cm³/mol. The maximum absolute atomic E-state index is 12.8. The number of nitrogens with zero attached hydrogens (tertiary/aromatic N) is 2. The van der Waals surface area contributed by atoms with Crippen molar-refractivity contribution in [1.29, 1.82) is 0 Å². The van der Waals surface area contributed by atoms with Crippen molar-refractivity contribution in [1.82, 2.24) is 9.97 Å². The van der Waals surface area contributed by atoms with E-state index in [1.807, 2.05) is 0 Å². The van der Waals surface area contributed by atoms with E-state index in [1.54, 1.807) is 36.4 Å². The summed E-state index contributed by atoms with van der Waals surface area (Å²) in [6.45, 7) is 3.03. The van der Waals surface area contributed by atoms with E-state index in [0.29, 0.717) is 16.4 Å². The molecule has 2 heterocycles. The molecule has 158 valence electrons. The third-order valence-electron chi connectivity index (χ3n) is 3.90. The number of carbonyl (C=O) groups is 1. The maximum Gasteiger partial charge on any atom is 0.433 e. The second-order valence-electron chi connectivity index (χ2n) is 6.71. The average molecular weight is 438 g/mol.